The van der Waals surface area contributed by atoms with Crippen molar-refractivity contribution in [2.45, 2.75) is 79.1 Å². The average molecular weight is 694 g/mol. The smallest absolute Gasteiger partial charge is 0.511 e. The van der Waals surface area contributed by atoms with E-state index in [1.54, 1.807) is 0 Å². The number of hydrogen-bond donors (Lipinski definition) is 0. The van der Waals surface area contributed by atoms with Crippen LogP contribution in [0, 0.1) is 11.8 Å². The van der Waals surface area contributed by atoms with Crippen LogP contribution in [0.1, 0.15) is 79.1 Å². The summed E-state index contributed by atoms with van der Waals surface area (Å²) < 4.78 is 21.3. The average Bonchev–Trinajstić information content (AvgIpc) is 2.72. The molecule has 4 nitrogen and oxygen atoms in total. The number of unbranched alkanes of at least 4 members (excludes halogenated alkanes) is 2. The molecule has 2 atom stereocenters. The zero-order chi connectivity index (χ0) is 23.0. The Morgan fingerprint density at radius 3 is 1.29 bits per heavy atom. The number of rotatable bonds is 18. The molecule has 0 saturated heterocycles. The van der Waals surface area contributed by atoms with Gasteiger partial charge in [-0.15, -0.1) is 0 Å². The van der Waals surface area contributed by atoms with Crippen molar-refractivity contribution in [3.63, 3.8) is 0 Å². The molecule has 2 unspecified atom stereocenters. The van der Waals surface area contributed by atoms with Gasteiger partial charge in [0, 0.05) is 22.0 Å². The Bertz CT molecular complexity index is 368. The monoisotopic (exact) mass is 693 g/mol. The summed E-state index contributed by atoms with van der Waals surface area (Å²) in [6.45, 7) is 12.6. The Hall–Kier alpha value is 0.828. The van der Waals surface area contributed by atoms with Gasteiger partial charge in [0.15, 0.2) is 0 Å². The van der Waals surface area contributed by atoms with Gasteiger partial charge in [0.05, 0.1) is 13.2 Å². The van der Waals surface area contributed by atoms with Crippen molar-refractivity contribution in [1.82, 2.24) is 0 Å². The van der Waals surface area contributed by atoms with E-state index in [2.05, 4.69) is 77.4 Å². The third kappa shape index (κ3) is 30.8. The molecule has 188 valence electrons. The van der Waals surface area contributed by atoms with Gasteiger partial charge in [-0.2, -0.15) is 0 Å². The Balaban J connectivity index is -0.000000490. The molecule has 0 N–H and O–H groups in total. The third-order valence-corrected chi connectivity index (χ3v) is 5.16. The second-order valence-corrected chi connectivity index (χ2v) is 9.18. The van der Waals surface area contributed by atoms with Crippen LogP contribution in [0.25, 0.3) is 0 Å². The van der Waals surface area contributed by atoms with Crippen molar-refractivity contribution in [2.75, 3.05) is 39.6 Å². The molecule has 0 aliphatic rings. The third-order valence-electron chi connectivity index (χ3n) is 4.69. The van der Waals surface area contributed by atoms with Crippen LogP contribution in [0.15, 0.2) is 0 Å². The molecule has 0 aromatic heterocycles. The Morgan fingerprint density at radius 2 is 1.03 bits per heavy atom. The van der Waals surface area contributed by atoms with Crippen molar-refractivity contribution in [3.05, 3.63) is 0 Å². The fourth-order valence-electron chi connectivity index (χ4n) is 2.66. The molecule has 0 amide bonds. The standard InChI is InChI=1S/2C11H22O2S2.Pt/c2*1-3-5-6-10(4-2)9-12-7-8-13-11(14)15;/h2*10H,3-9H2,1-2H3,(H,14,15);/q;;+2/p-2. The first kappa shape index (κ1) is 36.4. The molecule has 0 spiro atoms. The van der Waals surface area contributed by atoms with Gasteiger partial charge >= 0.3 is 21.1 Å². The topological polar surface area (TPSA) is 36.9 Å². The predicted molar refractivity (Wildman–Crippen MR) is 140 cm³/mol. The zero-order valence-electron chi connectivity index (χ0n) is 19.6. The minimum atomic E-state index is 0. The molecule has 0 saturated carbocycles. The zero-order valence-corrected chi connectivity index (χ0v) is 25.2. The van der Waals surface area contributed by atoms with Crippen LogP contribution in [-0.4, -0.2) is 48.4 Å². The molecule has 0 aliphatic carbocycles. The fraction of sp³-hybridized carbons (Fsp3) is 0.909. The first-order valence-electron chi connectivity index (χ1n) is 11.2. The maximum absolute atomic E-state index is 5.50. The van der Waals surface area contributed by atoms with Gasteiger partial charge in [-0.3, -0.25) is 0 Å². The number of ether oxygens (including phenoxy) is 4. The van der Waals surface area contributed by atoms with Crippen LogP contribution in [0.5, 0.6) is 0 Å². The van der Waals surface area contributed by atoms with E-state index < -0.39 is 0 Å². The summed E-state index contributed by atoms with van der Waals surface area (Å²) in [5.74, 6) is 1.36. The summed E-state index contributed by atoms with van der Waals surface area (Å²) in [5, 5.41) is 0. The Labute approximate surface area is 227 Å². The second kappa shape index (κ2) is 28.9. The number of hydrogen-bond acceptors (Lipinski definition) is 8. The molecule has 0 aromatic carbocycles. The first-order chi connectivity index (χ1) is 14.4. The summed E-state index contributed by atoms with van der Waals surface area (Å²) in [4.78, 5) is 0. The van der Waals surface area contributed by atoms with Crippen LogP contribution >= 0.6 is 24.4 Å². The molecule has 0 radical (unpaired) electrons. The van der Waals surface area contributed by atoms with Crippen molar-refractivity contribution in [1.29, 1.82) is 0 Å². The molecule has 0 heterocycles. The Kier molecular flexibility index (Phi) is 33.9. The SMILES string of the molecule is CCCCC(CC)COCCOC(=S)[S-].CCCCC(CC)COCCOC(=S)[S-].[Pt+2]. The van der Waals surface area contributed by atoms with Gasteiger partial charge in [0.2, 0.25) is 0 Å². The molecule has 0 bridgehead atoms. The predicted octanol–water partition coefficient (Wildman–Crippen LogP) is 6.13. The summed E-state index contributed by atoms with van der Waals surface area (Å²) in [6, 6.07) is 0. The van der Waals surface area contributed by atoms with E-state index in [1.165, 1.54) is 51.4 Å². The largest absolute Gasteiger partial charge is 2.00 e. The van der Waals surface area contributed by atoms with E-state index >= 15 is 0 Å². The van der Waals surface area contributed by atoms with Gasteiger partial charge in [0.1, 0.15) is 13.2 Å². The quantitative estimate of drug-likeness (QED) is 0.0965. The van der Waals surface area contributed by atoms with Crippen molar-refractivity contribution in [3.8, 4) is 0 Å². The summed E-state index contributed by atoms with van der Waals surface area (Å²) in [7, 11) is 0. The van der Waals surface area contributed by atoms with Gasteiger partial charge in [-0.05, 0) is 24.7 Å². The van der Waals surface area contributed by atoms with Gasteiger partial charge in [-0.1, -0.05) is 66.2 Å². The van der Waals surface area contributed by atoms with E-state index in [0.717, 1.165) is 13.2 Å². The van der Waals surface area contributed by atoms with Crippen LogP contribution < -0.4 is 0 Å². The molecule has 0 aliphatic heterocycles. The van der Waals surface area contributed by atoms with E-state index in [-0.39, 0.29) is 29.8 Å². The van der Waals surface area contributed by atoms with Crippen molar-refractivity contribution >= 4 is 58.5 Å². The van der Waals surface area contributed by atoms with Gasteiger partial charge < -0.3 is 68.6 Å². The van der Waals surface area contributed by atoms with E-state index in [1.807, 2.05) is 0 Å². The minimum Gasteiger partial charge on any atom is -0.511 e. The first-order valence-corrected chi connectivity index (χ1v) is 12.9. The maximum Gasteiger partial charge on any atom is 2.00 e. The normalized spacial score (nSPS) is 12.0. The molecule has 0 fully saturated rings. The molecule has 9 heteroatoms. The molecular formula is C22H42O4PtS4. The van der Waals surface area contributed by atoms with Crippen LogP contribution in [0.4, 0.5) is 0 Å². The van der Waals surface area contributed by atoms with Crippen LogP contribution in [0.2, 0.25) is 0 Å². The van der Waals surface area contributed by atoms with Crippen molar-refractivity contribution < 1.29 is 40.0 Å². The van der Waals surface area contributed by atoms with E-state index in [9.17, 15) is 0 Å². The summed E-state index contributed by atoms with van der Waals surface area (Å²) in [6.07, 6.45) is 9.96. The summed E-state index contributed by atoms with van der Waals surface area (Å²) >= 11 is 18.5. The number of thiocarbonyl (C=S) groups is 2. The summed E-state index contributed by atoms with van der Waals surface area (Å²) in [5.41, 5.74) is 0. The minimum absolute atomic E-state index is 0. The molecular weight excluding hydrogens is 652 g/mol. The fourth-order valence-corrected chi connectivity index (χ4v) is 3.00. The second-order valence-electron chi connectivity index (χ2n) is 7.18. The van der Waals surface area contributed by atoms with E-state index in [4.69, 9.17) is 18.9 Å². The van der Waals surface area contributed by atoms with Gasteiger partial charge in [0.25, 0.3) is 0 Å². The molecule has 0 rings (SSSR count). The van der Waals surface area contributed by atoms with Crippen LogP contribution in [-0.2, 0) is 65.3 Å². The van der Waals surface area contributed by atoms with Crippen molar-refractivity contribution in [2.24, 2.45) is 11.8 Å². The van der Waals surface area contributed by atoms with Crippen LogP contribution in [0.3, 0.4) is 0 Å². The molecule has 0 aromatic rings. The van der Waals surface area contributed by atoms with Gasteiger partial charge in [-0.25, -0.2) is 0 Å². The maximum atomic E-state index is 5.50. The molecule has 31 heavy (non-hydrogen) atoms. The van der Waals surface area contributed by atoms with E-state index in [0.29, 0.717) is 38.3 Å². The Morgan fingerprint density at radius 1 is 0.677 bits per heavy atom.